The van der Waals surface area contributed by atoms with Crippen molar-refractivity contribution in [2.24, 2.45) is 0 Å². The lowest BCUT2D eigenvalue weighted by Gasteiger charge is -2.14. The summed E-state index contributed by atoms with van der Waals surface area (Å²) in [6.45, 7) is 0.887. The molecule has 1 N–H and O–H groups in total. The molecule has 0 bridgehead atoms. The number of fused-ring (bicyclic) bond motifs is 2. The zero-order chi connectivity index (χ0) is 23.4. The van der Waals surface area contributed by atoms with E-state index < -0.39 is 0 Å². The number of hydrogen-bond acceptors (Lipinski definition) is 6. The van der Waals surface area contributed by atoms with E-state index in [1.807, 2.05) is 45.6 Å². The van der Waals surface area contributed by atoms with Gasteiger partial charge in [-0.1, -0.05) is 12.1 Å². The fraction of sp³-hybridized carbons (Fsp3) is 0.280. The Balaban J connectivity index is 1.16. The summed E-state index contributed by atoms with van der Waals surface area (Å²) in [6, 6.07) is 11.3. The molecule has 35 heavy (non-hydrogen) atoms. The van der Waals surface area contributed by atoms with Gasteiger partial charge in [-0.3, -0.25) is 13.8 Å². The third-order valence-electron chi connectivity index (χ3n) is 6.65. The van der Waals surface area contributed by atoms with Crippen LogP contribution in [0.15, 0.2) is 55.1 Å². The molecule has 7 rings (SSSR count). The van der Waals surface area contributed by atoms with Crippen molar-refractivity contribution in [2.75, 3.05) is 5.32 Å². The Morgan fingerprint density at radius 1 is 1.00 bits per heavy atom. The average Bonchev–Trinajstić information content (AvgIpc) is 3.29. The fourth-order valence-electron chi connectivity index (χ4n) is 4.68. The Labute approximate surface area is 200 Å². The first-order valence-corrected chi connectivity index (χ1v) is 12.0. The van der Waals surface area contributed by atoms with Gasteiger partial charge in [0.15, 0.2) is 5.82 Å². The summed E-state index contributed by atoms with van der Waals surface area (Å²) in [4.78, 5) is 26.8. The van der Waals surface area contributed by atoms with Crippen molar-refractivity contribution in [3.05, 3.63) is 72.3 Å². The van der Waals surface area contributed by atoms with Crippen LogP contribution in [0.5, 0.6) is 0 Å². The Morgan fingerprint density at radius 3 is 2.83 bits per heavy atom. The van der Waals surface area contributed by atoms with Gasteiger partial charge in [0, 0.05) is 31.3 Å². The van der Waals surface area contributed by atoms with E-state index in [9.17, 15) is 4.79 Å². The number of anilines is 1. The molecule has 0 aromatic carbocycles. The number of carbonyl (C=O) groups is 1. The van der Waals surface area contributed by atoms with Crippen LogP contribution in [0, 0.1) is 0 Å². The number of hydrogen-bond donors (Lipinski definition) is 1. The molecular formula is C25H23N9O. The largest absolute Gasteiger partial charge is 0.310 e. The molecule has 10 heteroatoms. The molecule has 6 heterocycles. The Hall–Kier alpha value is -4.34. The number of aryl methyl sites for hydroxylation is 1. The van der Waals surface area contributed by atoms with Crippen molar-refractivity contribution in [1.82, 2.24) is 38.7 Å². The summed E-state index contributed by atoms with van der Waals surface area (Å²) >= 11 is 0. The molecule has 5 aromatic rings. The van der Waals surface area contributed by atoms with Gasteiger partial charge >= 0.3 is 0 Å². The highest BCUT2D eigenvalue weighted by Gasteiger charge is 2.26. The number of rotatable bonds is 5. The van der Waals surface area contributed by atoms with E-state index >= 15 is 0 Å². The molecule has 10 nitrogen and oxygen atoms in total. The highest BCUT2D eigenvalue weighted by atomic mass is 16.2. The van der Waals surface area contributed by atoms with Crippen molar-refractivity contribution in [3.63, 3.8) is 0 Å². The number of nitrogens with zero attached hydrogens (tertiary/aromatic N) is 8. The molecule has 1 aliphatic carbocycles. The fourth-order valence-corrected chi connectivity index (χ4v) is 4.68. The number of imidazole rings is 2. The second kappa shape index (κ2) is 7.86. The van der Waals surface area contributed by atoms with Crippen molar-refractivity contribution in [2.45, 2.75) is 44.6 Å². The third-order valence-corrected chi connectivity index (χ3v) is 6.65. The molecule has 0 unspecified atom stereocenters. The summed E-state index contributed by atoms with van der Waals surface area (Å²) in [7, 11) is 0. The van der Waals surface area contributed by atoms with E-state index in [1.165, 1.54) is 12.8 Å². The molecule has 0 atom stereocenters. The highest BCUT2D eigenvalue weighted by Crippen LogP contribution is 2.39. The lowest BCUT2D eigenvalue weighted by Crippen LogP contribution is -2.14. The number of amides is 1. The second-order valence-corrected chi connectivity index (χ2v) is 9.13. The normalized spacial score (nSPS) is 15.3. The predicted octanol–water partition coefficient (Wildman–Crippen LogP) is 3.64. The Bertz CT molecular complexity index is 1570. The van der Waals surface area contributed by atoms with E-state index in [0.717, 1.165) is 49.0 Å². The maximum absolute atomic E-state index is 13.1. The van der Waals surface area contributed by atoms with Gasteiger partial charge in [0.05, 0.1) is 5.69 Å². The van der Waals surface area contributed by atoms with Crippen LogP contribution in [0.3, 0.4) is 0 Å². The molecule has 0 radical (unpaired) electrons. The maximum Gasteiger partial charge on any atom is 0.277 e. The first-order valence-electron chi connectivity index (χ1n) is 12.0. The maximum atomic E-state index is 13.1. The SMILES string of the molecule is O=C(Nc1cccc(-c2nnc3n2CCCC3)n1)c1cn2c(-n3cnc(C4CC4)c3)cccc2n1. The zero-order valence-corrected chi connectivity index (χ0v) is 19.0. The van der Waals surface area contributed by atoms with Crippen LogP contribution in [0.4, 0.5) is 5.82 Å². The van der Waals surface area contributed by atoms with E-state index in [0.29, 0.717) is 28.8 Å². The standard InChI is InChI=1S/C25H23N9O/c35-25(29-20-6-3-5-17(27-20)24-31-30-22-7-1-2-12-33(22)24)19-14-34-21(28-19)8-4-9-23(34)32-13-18(26-15-32)16-10-11-16/h3-6,8-9,13-16H,1-2,7,10-12H2,(H,27,29,35). The number of carbonyl (C=O) groups excluding carboxylic acids is 1. The summed E-state index contributed by atoms with van der Waals surface area (Å²) in [5.41, 5.74) is 2.80. The second-order valence-electron chi connectivity index (χ2n) is 9.13. The molecule has 174 valence electrons. The smallest absolute Gasteiger partial charge is 0.277 e. The Kier molecular flexibility index (Phi) is 4.51. The van der Waals surface area contributed by atoms with Crippen LogP contribution in [0.25, 0.3) is 23.0 Å². The van der Waals surface area contributed by atoms with Crippen LogP contribution >= 0.6 is 0 Å². The highest BCUT2D eigenvalue weighted by molar-refractivity contribution is 6.02. The molecule has 1 saturated carbocycles. The number of aromatic nitrogens is 8. The Morgan fingerprint density at radius 2 is 1.91 bits per heavy atom. The van der Waals surface area contributed by atoms with Crippen LogP contribution in [-0.2, 0) is 13.0 Å². The van der Waals surface area contributed by atoms with Gasteiger partial charge in [0.1, 0.15) is 40.8 Å². The van der Waals surface area contributed by atoms with E-state index in [-0.39, 0.29) is 5.91 Å². The van der Waals surface area contributed by atoms with Gasteiger partial charge in [0.25, 0.3) is 5.91 Å². The van der Waals surface area contributed by atoms with Crippen molar-refractivity contribution < 1.29 is 4.79 Å². The average molecular weight is 466 g/mol. The third kappa shape index (κ3) is 3.58. The lowest BCUT2D eigenvalue weighted by atomic mass is 10.1. The minimum absolute atomic E-state index is 0.312. The molecule has 1 fully saturated rings. The van der Waals surface area contributed by atoms with Gasteiger partial charge in [-0.05, 0) is 49.9 Å². The van der Waals surface area contributed by atoms with Gasteiger partial charge in [0.2, 0.25) is 0 Å². The first kappa shape index (κ1) is 20.1. The van der Waals surface area contributed by atoms with Crippen molar-refractivity contribution in [1.29, 1.82) is 0 Å². The van der Waals surface area contributed by atoms with Crippen molar-refractivity contribution in [3.8, 4) is 17.3 Å². The van der Waals surface area contributed by atoms with Gasteiger partial charge in [-0.25, -0.2) is 15.0 Å². The molecular weight excluding hydrogens is 442 g/mol. The van der Waals surface area contributed by atoms with Gasteiger partial charge in [-0.2, -0.15) is 0 Å². The van der Waals surface area contributed by atoms with E-state index in [2.05, 4.69) is 41.2 Å². The molecule has 1 aliphatic heterocycles. The van der Waals surface area contributed by atoms with E-state index in [4.69, 9.17) is 0 Å². The zero-order valence-electron chi connectivity index (χ0n) is 19.0. The van der Waals surface area contributed by atoms with Crippen LogP contribution in [0.2, 0.25) is 0 Å². The predicted molar refractivity (Wildman–Crippen MR) is 128 cm³/mol. The lowest BCUT2D eigenvalue weighted by molar-refractivity contribution is 0.102. The first-order chi connectivity index (χ1) is 17.2. The van der Waals surface area contributed by atoms with Crippen molar-refractivity contribution >= 4 is 17.4 Å². The minimum atomic E-state index is -0.322. The summed E-state index contributed by atoms with van der Waals surface area (Å²) in [6.07, 6.45) is 11.2. The van der Waals surface area contributed by atoms with Crippen LogP contribution in [0.1, 0.15) is 53.6 Å². The molecule has 2 aliphatic rings. The summed E-state index contributed by atoms with van der Waals surface area (Å²) in [5, 5.41) is 11.5. The minimum Gasteiger partial charge on any atom is -0.310 e. The molecule has 1 amide bonds. The molecule has 0 spiro atoms. The monoisotopic (exact) mass is 465 g/mol. The van der Waals surface area contributed by atoms with Crippen LogP contribution < -0.4 is 5.32 Å². The molecule has 0 saturated heterocycles. The van der Waals surface area contributed by atoms with Crippen LogP contribution in [-0.4, -0.2) is 44.6 Å². The topological polar surface area (TPSA) is 108 Å². The quantitative estimate of drug-likeness (QED) is 0.425. The summed E-state index contributed by atoms with van der Waals surface area (Å²) in [5.74, 6) is 3.30. The van der Waals surface area contributed by atoms with Gasteiger partial charge in [-0.15, -0.1) is 10.2 Å². The number of nitrogens with one attached hydrogen (secondary N) is 1. The van der Waals surface area contributed by atoms with Gasteiger partial charge < -0.3 is 9.88 Å². The van der Waals surface area contributed by atoms with E-state index in [1.54, 1.807) is 12.3 Å². The summed E-state index contributed by atoms with van der Waals surface area (Å²) < 4.78 is 6.00. The number of pyridine rings is 2. The molecule has 5 aromatic heterocycles.